The highest BCUT2D eigenvalue weighted by atomic mass is 32.2. The summed E-state index contributed by atoms with van der Waals surface area (Å²) in [5.74, 6) is -1.00. The van der Waals surface area contributed by atoms with E-state index in [0.29, 0.717) is 5.56 Å². The van der Waals surface area contributed by atoms with E-state index in [1.807, 2.05) is 0 Å². The summed E-state index contributed by atoms with van der Waals surface area (Å²) in [6.45, 7) is 1.48. The Hall–Kier alpha value is -1.66. The number of aliphatic carboxylic acids is 1. The van der Waals surface area contributed by atoms with Crippen molar-refractivity contribution in [3.63, 3.8) is 0 Å². The number of carboxylic acid groups (broad SMARTS) is 1. The molecule has 0 heterocycles. The Bertz CT molecular complexity index is 571. The van der Waals surface area contributed by atoms with Crippen molar-refractivity contribution in [1.82, 2.24) is 4.31 Å². The fraction of sp³-hybridized carbons (Fsp3) is 0.250. The molecule has 98 valence electrons. The van der Waals surface area contributed by atoms with E-state index in [-0.39, 0.29) is 10.5 Å². The first-order chi connectivity index (χ1) is 8.25. The first kappa shape index (κ1) is 14.4. The molecular weight excluding hydrogens is 254 g/mol. The monoisotopic (exact) mass is 269 g/mol. The van der Waals surface area contributed by atoms with Crippen LogP contribution in [0.25, 0.3) is 6.08 Å². The van der Waals surface area contributed by atoms with Gasteiger partial charge in [0.1, 0.15) is 0 Å². The molecular formula is C12H15NO4S. The Morgan fingerprint density at radius 2 is 1.72 bits per heavy atom. The molecule has 0 spiro atoms. The summed E-state index contributed by atoms with van der Waals surface area (Å²) in [6.07, 6.45) is 1.48. The standard InChI is InChI=1S/C12H15NO4S/c1-9(12(14)15)8-10-4-6-11(7-5-10)18(16,17)13(2)3/h4-8H,1-3H3,(H,14,15)/b9-8+. The topological polar surface area (TPSA) is 74.7 Å². The first-order valence-corrected chi connectivity index (χ1v) is 6.63. The molecule has 1 N–H and O–H groups in total. The summed E-state index contributed by atoms with van der Waals surface area (Å²) in [7, 11) is -0.530. The molecule has 0 unspecified atom stereocenters. The molecule has 5 nitrogen and oxygen atoms in total. The third-order valence-electron chi connectivity index (χ3n) is 2.38. The Morgan fingerprint density at radius 3 is 2.11 bits per heavy atom. The zero-order valence-electron chi connectivity index (χ0n) is 10.4. The summed E-state index contributed by atoms with van der Waals surface area (Å²) in [5.41, 5.74) is 0.839. The summed E-state index contributed by atoms with van der Waals surface area (Å²) in [6, 6.07) is 6.05. The van der Waals surface area contributed by atoms with Crippen LogP contribution in [0.5, 0.6) is 0 Å². The average Bonchev–Trinajstić information content (AvgIpc) is 2.29. The molecule has 18 heavy (non-hydrogen) atoms. The minimum Gasteiger partial charge on any atom is -0.478 e. The Labute approximate surface area is 106 Å². The summed E-state index contributed by atoms with van der Waals surface area (Å²) < 4.78 is 24.7. The predicted molar refractivity (Wildman–Crippen MR) is 68.6 cm³/mol. The molecule has 0 aromatic heterocycles. The number of benzene rings is 1. The number of sulfonamides is 1. The normalized spacial score (nSPS) is 12.8. The van der Waals surface area contributed by atoms with Gasteiger partial charge in [-0.2, -0.15) is 0 Å². The van der Waals surface area contributed by atoms with Crippen LogP contribution >= 0.6 is 0 Å². The largest absolute Gasteiger partial charge is 0.478 e. The van der Waals surface area contributed by atoms with E-state index in [0.717, 1.165) is 4.31 Å². The second kappa shape index (κ2) is 5.32. The van der Waals surface area contributed by atoms with Crippen molar-refractivity contribution >= 4 is 22.1 Å². The lowest BCUT2D eigenvalue weighted by atomic mass is 10.1. The lowest BCUT2D eigenvalue weighted by Crippen LogP contribution is -2.22. The molecule has 0 fully saturated rings. The molecule has 0 amide bonds. The van der Waals surface area contributed by atoms with Gasteiger partial charge in [0.2, 0.25) is 10.0 Å². The van der Waals surface area contributed by atoms with Crippen molar-refractivity contribution in [3.05, 3.63) is 35.4 Å². The summed E-state index contributed by atoms with van der Waals surface area (Å²) >= 11 is 0. The maximum atomic E-state index is 11.8. The van der Waals surface area contributed by atoms with Gasteiger partial charge in [0.05, 0.1) is 4.90 Å². The van der Waals surface area contributed by atoms with E-state index in [1.165, 1.54) is 39.2 Å². The van der Waals surface area contributed by atoms with Gasteiger partial charge >= 0.3 is 5.97 Å². The van der Waals surface area contributed by atoms with Crippen molar-refractivity contribution in [2.24, 2.45) is 0 Å². The Morgan fingerprint density at radius 1 is 1.22 bits per heavy atom. The van der Waals surface area contributed by atoms with Crippen LogP contribution in [0.2, 0.25) is 0 Å². The molecule has 0 aliphatic carbocycles. The molecule has 0 saturated heterocycles. The second-order valence-electron chi connectivity index (χ2n) is 3.99. The molecule has 0 atom stereocenters. The van der Waals surface area contributed by atoms with Crippen LogP contribution in [0.3, 0.4) is 0 Å². The van der Waals surface area contributed by atoms with Gasteiger partial charge in [0, 0.05) is 19.7 Å². The van der Waals surface area contributed by atoms with Gasteiger partial charge in [-0.1, -0.05) is 12.1 Å². The smallest absolute Gasteiger partial charge is 0.331 e. The van der Waals surface area contributed by atoms with Crippen LogP contribution in [0.1, 0.15) is 12.5 Å². The zero-order valence-corrected chi connectivity index (χ0v) is 11.2. The molecule has 1 aromatic rings. The van der Waals surface area contributed by atoms with Crippen molar-refractivity contribution < 1.29 is 18.3 Å². The molecule has 0 aliphatic rings. The summed E-state index contributed by atoms with van der Waals surface area (Å²) in [5, 5.41) is 8.73. The van der Waals surface area contributed by atoms with Crippen LogP contribution in [0.4, 0.5) is 0 Å². The van der Waals surface area contributed by atoms with Gasteiger partial charge in [-0.05, 0) is 30.7 Å². The van der Waals surface area contributed by atoms with E-state index in [9.17, 15) is 13.2 Å². The average molecular weight is 269 g/mol. The highest BCUT2D eigenvalue weighted by molar-refractivity contribution is 7.89. The van der Waals surface area contributed by atoms with Crippen molar-refractivity contribution in [2.75, 3.05) is 14.1 Å². The van der Waals surface area contributed by atoms with Gasteiger partial charge in [-0.15, -0.1) is 0 Å². The maximum Gasteiger partial charge on any atom is 0.331 e. The number of carbonyl (C=O) groups is 1. The number of hydrogen-bond donors (Lipinski definition) is 1. The first-order valence-electron chi connectivity index (χ1n) is 5.19. The minimum absolute atomic E-state index is 0.178. The SMILES string of the molecule is C/C(=C\c1ccc(S(=O)(=O)N(C)C)cc1)C(=O)O. The van der Waals surface area contributed by atoms with Crippen LogP contribution in [0, 0.1) is 0 Å². The summed E-state index contributed by atoms with van der Waals surface area (Å²) in [4.78, 5) is 10.8. The predicted octanol–water partition coefficient (Wildman–Crippen LogP) is 1.42. The number of hydrogen-bond acceptors (Lipinski definition) is 3. The number of carboxylic acids is 1. The molecule has 0 saturated carbocycles. The molecule has 0 aliphatic heterocycles. The fourth-order valence-corrected chi connectivity index (χ4v) is 2.16. The van der Waals surface area contributed by atoms with Gasteiger partial charge in [0.25, 0.3) is 0 Å². The lowest BCUT2D eigenvalue weighted by molar-refractivity contribution is -0.132. The van der Waals surface area contributed by atoms with E-state index < -0.39 is 16.0 Å². The number of nitrogens with zero attached hydrogens (tertiary/aromatic N) is 1. The fourth-order valence-electron chi connectivity index (χ4n) is 1.26. The maximum absolute atomic E-state index is 11.8. The van der Waals surface area contributed by atoms with Gasteiger partial charge in [-0.3, -0.25) is 0 Å². The molecule has 0 bridgehead atoms. The Kier molecular flexibility index (Phi) is 4.26. The molecule has 1 aromatic carbocycles. The van der Waals surface area contributed by atoms with E-state index >= 15 is 0 Å². The Balaban J connectivity index is 3.09. The van der Waals surface area contributed by atoms with E-state index in [2.05, 4.69) is 0 Å². The highest BCUT2D eigenvalue weighted by Crippen LogP contribution is 2.15. The van der Waals surface area contributed by atoms with Crippen LogP contribution in [-0.4, -0.2) is 37.9 Å². The second-order valence-corrected chi connectivity index (χ2v) is 6.14. The van der Waals surface area contributed by atoms with E-state index in [4.69, 9.17) is 5.11 Å². The highest BCUT2D eigenvalue weighted by Gasteiger charge is 2.16. The zero-order chi connectivity index (χ0) is 13.9. The number of rotatable bonds is 4. The van der Waals surface area contributed by atoms with Gasteiger partial charge in [-0.25, -0.2) is 17.5 Å². The van der Waals surface area contributed by atoms with Crippen LogP contribution in [-0.2, 0) is 14.8 Å². The van der Waals surface area contributed by atoms with Crippen molar-refractivity contribution in [3.8, 4) is 0 Å². The van der Waals surface area contributed by atoms with Crippen LogP contribution < -0.4 is 0 Å². The van der Waals surface area contributed by atoms with Crippen molar-refractivity contribution in [1.29, 1.82) is 0 Å². The lowest BCUT2D eigenvalue weighted by Gasteiger charge is -2.11. The minimum atomic E-state index is -3.44. The van der Waals surface area contributed by atoms with Gasteiger partial charge in [0.15, 0.2) is 0 Å². The van der Waals surface area contributed by atoms with Crippen molar-refractivity contribution in [2.45, 2.75) is 11.8 Å². The molecule has 0 radical (unpaired) electrons. The third kappa shape index (κ3) is 3.18. The van der Waals surface area contributed by atoms with Crippen LogP contribution in [0.15, 0.2) is 34.7 Å². The third-order valence-corrected chi connectivity index (χ3v) is 4.21. The van der Waals surface area contributed by atoms with Gasteiger partial charge < -0.3 is 5.11 Å². The molecule has 6 heteroatoms. The van der Waals surface area contributed by atoms with E-state index in [1.54, 1.807) is 12.1 Å². The molecule has 1 rings (SSSR count). The quantitative estimate of drug-likeness (QED) is 0.839.